The number of nitrogens with one attached hydrogen (secondary N) is 2. The summed E-state index contributed by atoms with van der Waals surface area (Å²) in [5.41, 5.74) is 6.84. The lowest BCUT2D eigenvalue weighted by Crippen LogP contribution is -2.23. The molecule has 2 aromatic rings. The second-order valence-electron chi connectivity index (χ2n) is 3.96. The molecule has 0 fully saturated rings. The number of aromatic nitrogens is 3. The lowest BCUT2D eigenvalue weighted by molar-refractivity contribution is 0.549. The highest BCUT2D eigenvalue weighted by atomic mass is 31.2. The second-order valence-corrected chi connectivity index (χ2v) is 6.39. The highest BCUT2D eigenvalue weighted by Gasteiger charge is 2.25. The van der Waals surface area contributed by atoms with Gasteiger partial charge in [-0.2, -0.15) is 9.44 Å². The summed E-state index contributed by atoms with van der Waals surface area (Å²) >= 11 is 0. The average Bonchev–Trinajstić information content (AvgIpc) is 2.80. The van der Waals surface area contributed by atoms with Crippen LogP contribution in [0.4, 0.5) is 5.95 Å². The molecule has 0 aliphatic carbocycles. The van der Waals surface area contributed by atoms with E-state index < -0.39 is 7.59 Å². The van der Waals surface area contributed by atoms with Gasteiger partial charge in [0.2, 0.25) is 5.95 Å². The van der Waals surface area contributed by atoms with Crippen molar-refractivity contribution in [2.45, 2.75) is 6.42 Å². The molecule has 0 radical (unpaired) electrons. The van der Waals surface area contributed by atoms with Crippen molar-refractivity contribution in [1.29, 1.82) is 0 Å². The van der Waals surface area contributed by atoms with Gasteiger partial charge in [-0.1, -0.05) is 30.3 Å². The maximum Gasteiger partial charge on any atom is 0.327 e. The van der Waals surface area contributed by atoms with Crippen LogP contribution in [0.1, 0.15) is 11.4 Å². The molecule has 8 heteroatoms. The van der Waals surface area contributed by atoms with Gasteiger partial charge in [-0.3, -0.25) is 4.57 Å². The summed E-state index contributed by atoms with van der Waals surface area (Å²) in [6.45, 7) is 0. The zero-order valence-corrected chi connectivity index (χ0v) is 11.8. The van der Waals surface area contributed by atoms with E-state index in [4.69, 9.17) is 5.73 Å². The SMILES string of the molecule is CNP(=O)(NC)n1nc(Cc2ccccc2)nc1N. The van der Waals surface area contributed by atoms with E-state index in [0.717, 1.165) is 5.56 Å². The quantitative estimate of drug-likeness (QED) is 0.702. The van der Waals surface area contributed by atoms with Crippen LogP contribution in [0.3, 0.4) is 0 Å². The zero-order chi connectivity index (χ0) is 13.9. The molecule has 0 unspecified atom stereocenters. The third-order valence-electron chi connectivity index (χ3n) is 2.74. The van der Waals surface area contributed by atoms with Crippen molar-refractivity contribution in [2.75, 3.05) is 19.8 Å². The van der Waals surface area contributed by atoms with Crippen LogP contribution in [0.25, 0.3) is 0 Å². The molecule has 1 aromatic heterocycles. The van der Waals surface area contributed by atoms with Gasteiger partial charge in [-0.15, -0.1) is 5.10 Å². The Morgan fingerprint density at radius 2 is 1.89 bits per heavy atom. The largest absolute Gasteiger partial charge is 0.368 e. The van der Waals surface area contributed by atoms with Gasteiger partial charge < -0.3 is 5.73 Å². The number of rotatable bonds is 5. The molecule has 0 saturated heterocycles. The Balaban J connectivity index is 2.29. The molecule has 0 aliphatic heterocycles. The molecule has 102 valence electrons. The predicted octanol–water partition coefficient (Wildman–Crippen LogP) is 0.846. The summed E-state index contributed by atoms with van der Waals surface area (Å²) in [4.78, 5) is 4.15. The van der Waals surface area contributed by atoms with Crippen LogP contribution in [0, 0.1) is 0 Å². The van der Waals surface area contributed by atoms with E-state index in [1.807, 2.05) is 30.3 Å². The van der Waals surface area contributed by atoms with Gasteiger partial charge in [-0.05, 0) is 19.7 Å². The van der Waals surface area contributed by atoms with Crippen molar-refractivity contribution in [3.63, 3.8) is 0 Å². The number of nitrogen functional groups attached to an aromatic ring is 1. The Morgan fingerprint density at radius 1 is 1.26 bits per heavy atom. The molecule has 7 nitrogen and oxygen atoms in total. The van der Waals surface area contributed by atoms with Gasteiger partial charge in [-0.25, -0.2) is 10.2 Å². The molecule has 0 spiro atoms. The first kappa shape index (κ1) is 13.7. The van der Waals surface area contributed by atoms with Gasteiger partial charge in [0.15, 0.2) is 5.82 Å². The Labute approximate surface area is 111 Å². The smallest absolute Gasteiger partial charge is 0.327 e. The molecule has 0 aliphatic rings. The monoisotopic (exact) mass is 280 g/mol. The average molecular weight is 280 g/mol. The first-order chi connectivity index (χ1) is 9.09. The van der Waals surface area contributed by atoms with Crippen molar-refractivity contribution in [2.24, 2.45) is 0 Å². The Hall–Kier alpha value is -1.69. The summed E-state index contributed by atoms with van der Waals surface area (Å²) in [6, 6.07) is 9.79. The number of hydrogen-bond acceptors (Lipinski definition) is 4. The minimum absolute atomic E-state index is 0.123. The fourth-order valence-corrected chi connectivity index (χ4v) is 2.89. The summed E-state index contributed by atoms with van der Waals surface area (Å²) in [5, 5.41) is 9.59. The van der Waals surface area contributed by atoms with E-state index in [0.29, 0.717) is 12.2 Å². The molecular weight excluding hydrogens is 263 g/mol. The molecule has 0 amide bonds. The van der Waals surface area contributed by atoms with Crippen LogP contribution >= 0.6 is 7.59 Å². The van der Waals surface area contributed by atoms with Gasteiger partial charge >= 0.3 is 7.59 Å². The number of hydrogen-bond donors (Lipinski definition) is 3. The molecule has 1 heterocycles. The lowest BCUT2D eigenvalue weighted by Gasteiger charge is -2.15. The van der Waals surface area contributed by atoms with E-state index in [9.17, 15) is 4.57 Å². The summed E-state index contributed by atoms with van der Waals surface area (Å²) in [5.74, 6) is 0.660. The second kappa shape index (κ2) is 5.52. The van der Waals surface area contributed by atoms with Gasteiger partial charge in [0, 0.05) is 6.42 Å². The van der Waals surface area contributed by atoms with Crippen LogP contribution in [0.2, 0.25) is 0 Å². The van der Waals surface area contributed by atoms with Crippen molar-refractivity contribution in [1.82, 2.24) is 24.7 Å². The van der Waals surface area contributed by atoms with Crippen molar-refractivity contribution in [3.05, 3.63) is 41.7 Å². The summed E-state index contributed by atoms with van der Waals surface area (Å²) in [6.07, 6.45) is 0.547. The Bertz CT molecular complexity index is 588. The Kier molecular flexibility index (Phi) is 3.99. The normalized spacial score (nSPS) is 11.7. The van der Waals surface area contributed by atoms with Crippen LogP contribution in [0.5, 0.6) is 0 Å². The van der Waals surface area contributed by atoms with E-state index in [1.54, 1.807) is 14.1 Å². The van der Waals surface area contributed by atoms with E-state index in [-0.39, 0.29) is 5.95 Å². The van der Waals surface area contributed by atoms with Crippen molar-refractivity contribution >= 4 is 13.5 Å². The minimum Gasteiger partial charge on any atom is -0.368 e. The lowest BCUT2D eigenvalue weighted by atomic mass is 10.1. The number of nitrogens with zero attached hydrogens (tertiary/aromatic N) is 3. The number of anilines is 1. The molecule has 19 heavy (non-hydrogen) atoms. The third-order valence-corrected chi connectivity index (χ3v) is 4.78. The molecular formula is C11H17N6OP. The first-order valence-corrected chi connectivity index (χ1v) is 7.49. The first-order valence-electron chi connectivity index (χ1n) is 5.83. The van der Waals surface area contributed by atoms with Crippen LogP contribution < -0.4 is 15.9 Å². The third kappa shape index (κ3) is 2.84. The van der Waals surface area contributed by atoms with Crippen LogP contribution in [-0.4, -0.2) is 28.6 Å². The van der Waals surface area contributed by atoms with Crippen molar-refractivity contribution in [3.8, 4) is 0 Å². The number of benzene rings is 1. The Morgan fingerprint density at radius 3 is 2.47 bits per heavy atom. The highest BCUT2D eigenvalue weighted by molar-refractivity contribution is 7.58. The molecule has 0 bridgehead atoms. The topological polar surface area (TPSA) is 97.9 Å². The highest BCUT2D eigenvalue weighted by Crippen LogP contribution is 2.37. The summed E-state index contributed by atoms with van der Waals surface area (Å²) in [7, 11) is 0.120. The fraction of sp³-hybridized carbons (Fsp3) is 0.273. The van der Waals surface area contributed by atoms with Crippen LogP contribution in [-0.2, 0) is 11.0 Å². The van der Waals surface area contributed by atoms with Crippen LogP contribution in [0.15, 0.2) is 30.3 Å². The number of nitrogens with two attached hydrogens (primary N) is 1. The molecule has 1 aromatic carbocycles. The predicted molar refractivity (Wildman–Crippen MR) is 74.8 cm³/mol. The van der Waals surface area contributed by atoms with Gasteiger partial charge in [0.1, 0.15) is 0 Å². The summed E-state index contributed by atoms with van der Waals surface area (Å²) < 4.78 is 13.6. The maximum absolute atomic E-state index is 12.4. The van der Waals surface area contributed by atoms with E-state index in [1.165, 1.54) is 4.45 Å². The standard InChI is InChI=1S/C11H17N6OP/c1-13-19(18,14-2)17-11(12)15-10(16-17)8-9-6-4-3-5-7-9/h3-7H,8H2,1-2H3,(H2,12,15,16)(H2,13,14,18). The van der Waals surface area contributed by atoms with Gasteiger partial charge in [0.25, 0.3) is 0 Å². The van der Waals surface area contributed by atoms with Gasteiger partial charge in [0.05, 0.1) is 0 Å². The fourth-order valence-electron chi connectivity index (χ4n) is 1.72. The van der Waals surface area contributed by atoms with Crippen molar-refractivity contribution < 1.29 is 4.57 Å². The zero-order valence-electron chi connectivity index (χ0n) is 10.9. The molecule has 0 atom stereocenters. The van der Waals surface area contributed by atoms with E-state index in [2.05, 4.69) is 20.3 Å². The molecule has 2 rings (SSSR count). The maximum atomic E-state index is 12.4. The molecule has 0 saturated carbocycles. The molecule has 4 N–H and O–H groups in total. The minimum atomic E-state index is -3.04. The van der Waals surface area contributed by atoms with E-state index >= 15 is 0 Å².